The first-order chi connectivity index (χ1) is 12.7. The van der Waals surface area contributed by atoms with Crippen LogP contribution in [0.5, 0.6) is 0 Å². The molecule has 4 rings (SSSR count). The number of morpholine rings is 1. The molecule has 2 aliphatic carbocycles. The maximum atomic E-state index is 13.3. The molecule has 0 unspecified atom stereocenters. The Hall–Kier alpha value is -1.24. The van der Waals surface area contributed by atoms with Gasteiger partial charge in [0.05, 0.1) is 19.3 Å². The fourth-order valence-corrected chi connectivity index (χ4v) is 5.10. The van der Waals surface area contributed by atoms with Crippen LogP contribution in [-0.4, -0.2) is 48.9 Å². The highest BCUT2D eigenvalue weighted by molar-refractivity contribution is 7.80. The van der Waals surface area contributed by atoms with Gasteiger partial charge >= 0.3 is 0 Å². The third kappa shape index (κ3) is 4.18. The van der Waals surface area contributed by atoms with Crippen molar-refractivity contribution in [2.24, 2.45) is 11.8 Å². The molecule has 1 aliphatic heterocycles. The van der Waals surface area contributed by atoms with Gasteiger partial charge in [-0.2, -0.15) is 0 Å². The Morgan fingerprint density at radius 1 is 1.19 bits per heavy atom. The Labute approximate surface area is 160 Å². The second-order valence-corrected chi connectivity index (χ2v) is 8.26. The first-order valence-corrected chi connectivity index (χ1v) is 10.2. The predicted octanol–water partition coefficient (Wildman–Crippen LogP) is 2.85. The van der Waals surface area contributed by atoms with Crippen LogP contribution in [0.15, 0.2) is 24.3 Å². The average molecular weight is 378 g/mol. The molecule has 26 heavy (non-hydrogen) atoms. The SMILES string of the molecule is Fc1ccc([C@H](CNC(=S)N[C@H]2C[C@H]3CC[C@H]2C3)N2CCOCC2)cc1. The summed E-state index contributed by atoms with van der Waals surface area (Å²) >= 11 is 5.57. The number of hydrogen-bond acceptors (Lipinski definition) is 3. The molecule has 2 bridgehead atoms. The van der Waals surface area contributed by atoms with Gasteiger partial charge in [0, 0.05) is 25.7 Å². The molecule has 4 nitrogen and oxygen atoms in total. The molecule has 3 fully saturated rings. The van der Waals surface area contributed by atoms with E-state index in [4.69, 9.17) is 17.0 Å². The molecule has 2 N–H and O–H groups in total. The van der Waals surface area contributed by atoms with E-state index in [1.54, 1.807) is 0 Å². The summed E-state index contributed by atoms with van der Waals surface area (Å²) in [6.45, 7) is 3.97. The van der Waals surface area contributed by atoms with Crippen LogP contribution >= 0.6 is 12.2 Å². The zero-order chi connectivity index (χ0) is 17.9. The summed E-state index contributed by atoms with van der Waals surface area (Å²) in [5.41, 5.74) is 1.11. The highest BCUT2D eigenvalue weighted by Crippen LogP contribution is 2.44. The summed E-state index contributed by atoms with van der Waals surface area (Å²) in [5, 5.41) is 7.72. The van der Waals surface area contributed by atoms with Crippen molar-refractivity contribution in [3.63, 3.8) is 0 Å². The molecule has 1 saturated heterocycles. The van der Waals surface area contributed by atoms with Gasteiger partial charge in [-0.25, -0.2) is 4.39 Å². The van der Waals surface area contributed by atoms with Crippen molar-refractivity contribution in [2.45, 2.75) is 37.8 Å². The Morgan fingerprint density at radius 3 is 2.62 bits per heavy atom. The van der Waals surface area contributed by atoms with E-state index in [1.165, 1.54) is 37.8 Å². The Balaban J connectivity index is 1.36. The molecule has 0 radical (unpaired) electrons. The van der Waals surface area contributed by atoms with Gasteiger partial charge < -0.3 is 15.4 Å². The summed E-state index contributed by atoms with van der Waals surface area (Å²) in [6, 6.07) is 7.54. The summed E-state index contributed by atoms with van der Waals surface area (Å²) in [7, 11) is 0. The van der Waals surface area contributed by atoms with E-state index in [0.29, 0.717) is 6.04 Å². The monoisotopic (exact) mass is 377 g/mol. The summed E-state index contributed by atoms with van der Waals surface area (Å²) in [4.78, 5) is 2.39. The van der Waals surface area contributed by atoms with Gasteiger partial charge in [0.25, 0.3) is 0 Å². The van der Waals surface area contributed by atoms with Gasteiger partial charge in [0.2, 0.25) is 0 Å². The fourth-order valence-electron chi connectivity index (χ4n) is 4.86. The Kier molecular flexibility index (Phi) is 5.72. The topological polar surface area (TPSA) is 36.5 Å². The highest BCUT2D eigenvalue weighted by atomic mass is 32.1. The first-order valence-electron chi connectivity index (χ1n) is 9.80. The average Bonchev–Trinajstić information content (AvgIpc) is 3.27. The number of halogens is 1. The van der Waals surface area contributed by atoms with E-state index in [0.717, 1.165) is 55.4 Å². The number of nitrogens with zero attached hydrogens (tertiary/aromatic N) is 1. The predicted molar refractivity (Wildman–Crippen MR) is 105 cm³/mol. The number of hydrogen-bond donors (Lipinski definition) is 2. The lowest BCUT2D eigenvalue weighted by atomic mass is 9.95. The summed E-state index contributed by atoms with van der Waals surface area (Å²) in [5.74, 6) is 1.50. The summed E-state index contributed by atoms with van der Waals surface area (Å²) < 4.78 is 18.8. The normalized spacial score (nSPS) is 29.5. The minimum atomic E-state index is -0.198. The fraction of sp³-hybridized carbons (Fsp3) is 0.650. The van der Waals surface area contributed by atoms with E-state index in [1.807, 2.05) is 12.1 Å². The van der Waals surface area contributed by atoms with Crippen LogP contribution in [0.4, 0.5) is 4.39 Å². The quantitative estimate of drug-likeness (QED) is 0.772. The zero-order valence-electron chi connectivity index (χ0n) is 15.1. The molecule has 1 aromatic rings. The molecule has 0 spiro atoms. The lowest BCUT2D eigenvalue weighted by Crippen LogP contribution is -2.48. The van der Waals surface area contributed by atoms with Gasteiger partial charge in [-0.1, -0.05) is 18.6 Å². The van der Waals surface area contributed by atoms with Crippen LogP contribution < -0.4 is 10.6 Å². The minimum absolute atomic E-state index is 0.166. The smallest absolute Gasteiger partial charge is 0.166 e. The lowest BCUT2D eigenvalue weighted by Gasteiger charge is -2.35. The highest BCUT2D eigenvalue weighted by Gasteiger charge is 2.39. The van der Waals surface area contributed by atoms with Crippen LogP contribution in [0.2, 0.25) is 0 Å². The molecule has 2 saturated carbocycles. The molecule has 0 amide bonds. The molecule has 1 aromatic carbocycles. The third-order valence-corrected chi connectivity index (χ3v) is 6.51. The largest absolute Gasteiger partial charge is 0.379 e. The Bertz CT molecular complexity index is 620. The zero-order valence-corrected chi connectivity index (χ0v) is 15.9. The van der Waals surface area contributed by atoms with Crippen LogP contribution in [0.25, 0.3) is 0 Å². The first kappa shape index (κ1) is 18.1. The van der Waals surface area contributed by atoms with Crippen molar-refractivity contribution in [3.8, 4) is 0 Å². The molecule has 1 heterocycles. The van der Waals surface area contributed by atoms with Crippen LogP contribution in [0.1, 0.15) is 37.3 Å². The summed E-state index contributed by atoms with van der Waals surface area (Å²) in [6.07, 6.45) is 5.37. The van der Waals surface area contributed by atoms with Crippen molar-refractivity contribution < 1.29 is 9.13 Å². The number of nitrogens with one attached hydrogen (secondary N) is 2. The maximum Gasteiger partial charge on any atom is 0.166 e. The van der Waals surface area contributed by atoms with Crippen LogP contribution in [0.3, 0.4) is 0 Å². The van der Waals surface area contributed by atoms with Gasteiger partial charge in [-0.05, 0) is 61.0 Å². The standard InChI is InChI=1S/C20H28FN3OS/c21-17-5-3-15(4-6-17)19(24-7-9-25-10-8-24)13-22-20(26)23-18-12-14-1-2-16(18)11-14/h3-6,14,16,18-19H,1-2,7-13H2,(H2,22,23,26)/t14-,16-,18-,19-/m0/s1. The molecular formula is C20H28FN3OS. The number of benzene rings is 1. The molecule has 142 valence electrons. The molecule has 0 aromatic heterocycles. The maximum absolute atomic E-state index is 13.3. The number of ether oxygens (including phenoxy) is 1. The van der Waals surface area contributed by atoms with E-state index >= 15 is 0 Å². The van der Waals surface area contributed by atoms with E-state index in [2.05, 4.69) is 15.5 Å². The van der Waals surface area contributed by atoms with Crippen LogP contribution in [0, 0.1) is 17.7 Å². The number of rotatable bonds is 5. The van der Waals surface area contributed by atoms with Crippen molar-refractivity contribution in [1.29, 1.82) is 0 Å². The number of fused-ring (bicyclic) bond motifs is 2. The molecule has 6 heteroatoms. The van der Waals surface area contributed by atoms with Gasteiger partial charge in [-0.3, -0.25) is 4.90 Å². The lowest BCUT2D eigenvalue weighted by molar-refractivity contribution is 0.0170. The second-order valence-electron chi connectivity index (χ2n) is 7.85. The van der Waals surface area contributed by atoms with Crippen molar-refractivity contribution in [3.05, 3.63) is 35.6 Å². The van der Waals surface area contributed by atoms with Gasteiger partial charge in [-0.15, -0.1) is 0 Å². The van der Waals surface area contributed by atoms with Crippen molar-refractivity contribution >= 4 is 17.3 Å². The molecule has 4 atom stereocenters. The molecule has 3 aliphatic rings. The Morgan fingerprint density at radius 2 is 1.96 bits per heavy atom. The van der Waals surface area contributed by atoms with Gasteiger partial charge in [0.15, 0.2) is 5.11 Å². The number of thiocarbonyl (C=S) groups is 1. The van der Waals surface area contributed by atoms with E-state index in [-0.39, 0.29) is 11.9 Å². The molecular weight excluding hydrogens is 349 g/mol. The second kappa shape index (κ2) is 8.19. The van der Waals surface area contributed by atoms with Crippen molar-refractivity contribution in [1.82, 2.24) is 15.5 Å². The third-order valence-electron chi connectivity index (χ3n) is 6.25. The van der Waals surface area contributed by atoms with Gasteiger partial charge in [0.1, 0.15) is 5.82 Å². The van der Waals surface area contributed by atoms with Crippen LogP contribution in [-0.2, 0) is 4.74 Å². The van der Waals surface area contributed by atoms with E-state index in [9.17, 15) is 4.39 Å². The minimum Gasteiger partial charge on any atom is -0.379 e. The van der Waals surface area contributed by atoms with E-state index < -0.39 is 0 Å². The van der Waals surface area contributed by atoms with Crippen molar-refractivity contribution in [2.75, 3.05) is 32.8 Å².